The molecule has 0 aromatic carbocycles. The SMILES string of the molecule is CCCc1[nH]ncc1-c1nc2c(OC3CCN(C(=O)c4oc(CC)nc4C)C3)ncnc2n1C. The quantitative estimate of drug-likeness (QED) is 0.442. The monoisotopic (exact) mass is 464 g/mol. The largest absolute Gasteiger partial charge is 0.471 e. The van der Waals surface area contributed by atoms with E-state index in [0.717, 1.165) is 29.9 Å². The number of likely N-dealkylation sites (tertiary alicyclic amines) is 1. The average Bonchev–Trinajstić information content (AvgIpc) is 3.61. The van der Waals surface area contributed by atoms with Crippen molar-refractivity contribution < 1.29 is 13.9 Å². The topological polar surface area (TPSA) is 128 Å². The van der Waals surface area contributed by atoms with Crippen LogP contribution < -0.4 is 4.74 Å². The molecule has 11 heteroatoms. The zero-order valence-electron chi connectivity index (χ0n) is 19.8. The van der Waals surface area contributed by atoms with Gasteiger partial charge in [-0.25, -0.2) is 15.0 Å². The molecule has 178 valence electrons. The molecule has 1 fully saturated rings. The fourth-order valence-corrected chi connectivity index (χ4v) is 4.36. The number of ether oxygens (including phenoxy) is 1. The van der Waals surface area contributed by atoms with Crippen LogP contribution in [-0.4, -0.2) is 64.7 Å². The second-order valence-corrected chi connectivity index (χ2v) is 8.51. The Labute approximate surface area is 196 Å². The second kappa shape index (κ2) is 8.88. The van der Waals surface area contributed by atoms with Gasteiger partial charge in [-0.3, -0.25) is 9.89 Å². The standard InChI is InChI=1S/C23H28N8O3/c1-5-7-16-15(10-26-29-16)20-28-18-21(30(20)4)24-12-25-22(18)33-14-8-9-31(11-14)23(32)19-13(3)27-17(6-2)34-19/h10,12,14H,5-9,11H2,1-4H3,(H,26,29). The lowest BCUT2D eigenvalue weighted by atomic mass is 10.1. The van der Waals surface area contributed by atoms with Crippen LogP contribution in [-0.2, 0) is 19.9 Å². The number of aromatic amines is 1. The van der Waals surface area contributed by atoms with Crippen molar-refractivity contribution in [1.82, 2.24) is 39.6 Å². The number of imidazole rings is 1. The van der Waals surface area contributed by atoms with E-state index in [1.807, 2.05) is 18.5 Å². The van der Waals surface area contributed by atoms with Crippen LogP contribution in [0.3, 0.4) is 0 Å². The number of fused-ring (bicyclic) bond motifs is 1. The van der Waals surface area contributed by atoms with Crippen LogP contribution in [0.15, 0.2) is 16.9 Å². The summed E-state index contributed by atoms with van der Waals surface area (Å²) in [5, 5.41) is 7.27. The molecule has 4 aromatic rings. The number of oxazole rings is 1. The first-order valence-electron chi connectivity index (χ1n) is 11.6. The molecule has 0 aliphatic carbocycles. The van der Waals surface area contributed by atoms with E-state index in [4.69, 9.17) is 14.1 Å². The molecule has 0 spiro atoms. The predicted octanol–water partition coefficient (Wildman–Crippen LogP) is 2.86. The molecular formula is C23H28N8O3. The zero-order chi connectivity index (χ0) is 23.8. The maximum absolute atomic E-state index is 13.0. The molecule has 1 aliphatic rings. The Balaban J connectivity index is 1.37. The summed E-state index contributed by atoms with van der Waals surface area (Å²) in [5.41, 5.74) is 3.87. The maximum Gasteiger partial charge on any atom is 0.291 e. The highest BCUT2D eigenvalue weighted by molar-refractivity contribution is 5.92. The molecule has 0 radical (unpaired) electrons. The van der Waals surface area contributed by atoms with E-state index in [1.54, 1.807) is 18.0 Å². The van der Waals surface area contributed by atoms with E-state index in [0.29, 0.717) is 60.3 Å². The van der Waals surface area contributed by atoms with Crippen LogP contribution in [0.25, 0.3) is 22.6 Å². The predicted molar refractivity (Wildman–Crippen MR) is 123 cm³/mol. The van der Waals surface area contributed by atoms with Crippen molar-refractivity contribution in [3.05, 3.63) is 35.6 Å². The second-order valence-electron chi connectivity index (χ2n) is 8.51. The third kappa shape index (κ3) is 3.80. The van der Waals surface area contributed by atoms with Gasteiger partial charge in [0, 0.05) is 32.1 Å². The molecule has 1 unspecified atom stereocenters. The number of aryl methyl sites for hydroxylation is 4. The van der Waals surface area contributed by atoms with Gasteiger partial charge in [0.2, 0.25) is 11.6 Å². The third-order valence-corrected chi connectivity index (χ3v) is 6.13. The van der Waals surface area contributed by atoms with Crippen molar-refractivity contribution in [3.63, 3.8) is 0 Å². The van der Waals surface area contributed by atoms with Gasteiger partial charge in [0.15, 0.2) is 17.1 Å². The summed E-state index contributed by atoms with van der Waals surface area (Å²) < 4.78 is 13.8. The summed E-state index contributed by atoms with van der Waals surface area (Å²) in [6, 6.07) is 0. The Morgan fingerprint density at radius 1 is 1.29 bits per heavy atom. The van der Waals surface area contributed by atoms with Gasteiger partial charge in [-0.05, 0) is 13.3 Å². The van der Waals surface area contributed by atoms with E-state index in [1.165, 1.54) is 6.33 Å². The van der Waals surface area contributed by atoms with Gasteiger partial charge in [-0.2, -0.15) is 10.1 Å². The third-order valence-electron chi connectivity index (χ3n) is 6.13. The summed E-state index contributed by atoms with van der Waals surface area (Å²) in [6.45, 7) is 6.87. The minimum absolute atomic E-state index is 0.160. The Kier molecular flexibility index (Phi) is 5.76. The van der Waals surface area contributed by atoms with Crippen LogP contribution in [0.2, 0.25) is 0 Å². The Bertz CT molecular complexity index is 1340. The molecule has 1 aliphatic heterocycles. The van der Waals surface area contributed by atoms with Gasteiger partial charge < -0.3 is 18.6 Å². The number of aromatic nitrogens is 7. The number of rotatable bonds is 7. The van der Waals surface area contributed by atoms with Crippen LogP contribution in [0.5, 0.6) is 5.88 Å². The van der Waals surface area contributed by atoms with E-state index in [9.17, 15) is 4.79 Å². The molecule has 1 N–H and O–H groups in total. The van der Waals surface area contributed by atoms with Crippen molar-refractivity contribution >= 4 is 17.1 Å². The van der Waals surface area contributed by atoms with Crippen molar-refractivity contribution in [3.8, 4) is 17.3 Å². The molecule has 34 heavy (non-hydrogen) atoms. The van der Waals surface area contributed by atoms with Gasteiger partial charge >= 0.3 is 0 Å². The normalized spacial score (nSPS) is 16.0. The summed E-state index contributed by atoms with van der Waals surface area (Å²) in [5.74, 6) is 1.89. The van der Waals surface area contributed by atoms with Crippen molar-refractivity contribution in [2.45, 2.75) is 52.6 Å². The summed E-state index contributed by atoms with van der Waals surface area (Å²) in [6.07, 6.45) is 6.28. The smallest absolute Gasteiger partial charge is 0.291 e. The first-order valence-corrected chi connectivity index (χ1v) is 11.6. The number of nitrogens with one attached hydrogen (secondary N) is 1. The van der Waals surface area contributed by atoms with E-state index >= 15 is 0 Å². The van der Waals surface area contributed by atoms with E-state index < -0.39 is 0 Å². The average molecular weight is 465 g/mol. The highest BCUT2D eigenvalue weighted by Gasteiger charge is 2.32. The Morgan fingerprint density at radius 3 is 2.91 bits per heavy atom. The molecule has 11 nitrogen and oxygen atoms in total. The lowest BCUT2D eigenvalue weighted by Crippen LogP contribution is -2.31. The van der Waals surface area contributed by atoms with Crippen LogP contribution >= 0.6 is 0 Å². The molecule has 1 atom stereocenters. The van der Waals surface area contributed by atoms with Crippen LogP contribution in [0.1, 0.15) is 54.5 Å². The Hall–Kier alpha value is -3.76. The van der Waals surface area contributed by atoms with Gasteiger partial charge in [-0.15, -0.1) is 0 Å². The summed E-state index contributed by atoms with van der Waals surface area (Å²) >= 11 is 0. The van der Waals surface area contributed by atoms with Crippen molar-refractivity contribution in [1.29, 1.82) is 0 Å². The number of nitrogens with zero attached hydrogens (tertiary/aromatic N) is 7. The highest BCUT2D eigenvalue weighted by Crippen LogP contribution is 2.30. The van der Waals surface area contributed by atoms with E-state index in [-0.39, 0.29) is 12.0 Å². The molecule has 0 bridgehead atoms. The molecule has 5 heterocycles. The molecule has 4 aromatic heterocycles. The number of hydrogen-bond donors (Lipinski definition) is 1. The fourth-order valence-electron chi connectivity index (χ4n) is 4.36. The highest BCUT2D eigenvalue weighted by atomic mass is 16.5. The number of amides is 1. The van der Waals surface area contributed by atoms with Gasteiger partial charge in [0.25, 0.3) is 5.91 Å². The Morgan fingerprint density at radius 2 is 2.15 bits per heavy atom. The van der Waals surface area contributed by atoms with Crippen molar-refractivity contribution in [2.75, 3.05) is 13.1 Å². The molecule has 5 rings (SSSR count). The first kappa shape index (κ1) is 22.1. The molecule has 0 saturated carbocycles. The summed E-state index contributed by atoms with van der Waals surface area (Å²) in [4.78, 5) is 32.6. The van der Waals surface area contributed by atoms with Gasteiger partial charge in [-0.1, -0.05) is 20.3 Å². The number of hydrogen-bond acceptors (Lipinski definition) is 8. The van der Waals surface area contributed by atoms with Gasteiger partial charge in [0.1, 0.15) is 18.3 Å². The number of carbonyl (C=O) groups excluding carboxylic acids is 1. The molecular weight excluding hydrogens is 436 g/mol. The first-order chi connectivity index (χ1) is 16.5. The maximum atomic E-state index is 13.0. The number of carbonyl (C=O) groups is 1. The minimum Gasteiger partial charge on any atom is -0.471 e. The molecule has 1 amide bonds. The van der Waals surface area contributed by atoms with Crippen LogP contribution in [0, 0.1) is 6.92 Å². The number of H-pyrrole nitrogens is 1. The minimum atomic E-state index is -0.203. The lowest BCUT2D eigenvalue weighted by Gasteiger charge is -2.16. The van der Waals surface area contributed by atoms with Crippen LogP contribution in [0.4, 0.5) is 0 Å². The lowest BCUT2D eigenvalue weighted by molar-refractivity contribution is 0.0737. The summed E-state index contributed by atoms with van der Waals surface area (Å²) in [7, 11) is 1.92. The molecule has 1 saturated heterocycles. The van der Waals surface area contributed by atoms with E-state index in [2.05, 4.69) is 32.1 Å². The fraction of sp³-hybridized carbons (Fsp3) is 0.478. The zero-order valence-corrected chi connectivity index (χ0v) is 19.8. The van der Waals surface area contributed by atoms with Gasteiger partial charge in [0.05, 0.1) is 24.0 Å². The van der Waals surface area contributed by atoms with Crippen molar-refractivity contribution in [2.24, 2.45) is 7.05 Å².